The number of nitrogens with one attached hydrogen (secondary N) is 2. The van der Waals surface area contributed by atoms with Crippen molar-refractivity contribution in [3.63, 3.8) is 0 Å². The number of hydrogen-bond donors (Lipinski definition) is 7. The molecule has 0 bridgehead atoms. The zero-order valence-electron chi connectivity index (χ0n) is 14.9. The first-order chi connectivity index (χ1) is 12.1. The fourth-order valence-electron chi connectivity index (χ4n) is 2.71. The molecule has 11 nitrogen and oxygen atoms in total. The number of carbonyl (C=O) groups is 2. The summed E-state index contributed by atoms with van der Waals surface area (Å²) in [6, 6.07) is -2.29. The lowest BCUT2D eigenvalue weighted by Gasteiger charge is -2.43. The van der Waals surface area contributed by atoms with Crippen LogP contribution in [0.1, 0.15) is 20.8 Å². The minimum atomic E-state index is -1.51. The van der Waals surface area contributed by atoms with Crippen LogP contribution in [-0.4, -0.2) is 99.5 Å². The Morgan fingerprint density at radius 2 is 1.88 bits per heavy atom. The molecule has 0 aromatic carbocycles. The summed E-state index contributed by atoms with van der Waals surface area (Å²) in [5.74, 6) is -1.71. The summed E-state index contributed by atoms with van der Waals surface area (Å²) < 4.78 is 10.7. The highest BCUT2D eigenvalue weighted by Crippen LogP contribution is 2.23. The van der Waals surface area contributed by atoms with E-state index in [2.05, 4.69) is 10.6 Å². The van der Waals surface area contributed by atoms with E-state index in [4.69, 9.17) is 14.6 Å². The van der Waals surface area contributed by atoms with Gasteiger partial charge < -0.3 is 40.3 Å². The summed E-state index contributed by atoms with van der Waals surface area (Å²) in [5, 5.41) is 53.1. The van der Waals surface area contributed by atoms with Crippen LogP contribution in [0.25, 0.3) is 0 Å². The predicted octanol–water partition coefficient (Wildman–Crippen LogP) is -3.24. The zero-order chi connectivity index (χ0) is 20.0. The average Bonchev–Trinajstić information content (AvgIpc) is 2.53. The third kappa shape index (κ3) is 6.13. The van der Waals surface area contributed by atoms with E-state index in [1.165, 1.54) is 13.8 Å². The maximum Gasteiger partial charge on any atom is 0.323 e. The molecule has 1 fully saturated rings. The van der Waals surface area contributed by atoms with Crippen molar-refractivity contribution in [2.75, 3.05) is 13.2 Å². The smallest absolute Gasteiger partial charge is 0.323 e. The Morgan fingerprint density at radius 1 is 1.27 bits per heavy atom. The van der Waals surface area contributed by atoms with Crippen LogP contribution in [0.5, 0.6) is 0 Å². The first kappa shape index (κ1) is 22.7. The van der Waals surface area contributed by atoms with E-state index in [0.29, 0.717) is 0 Å². The van der Waals surface area contributed by atoms with Gasteiger partial charge in [0.05, 0.1) is 18.8 Å². The molecule has 1 unspecified atom stereocenters. The highest BCUT2D eigenvalue weighted by molar-refractivity contribution is 5.74. The Morgan fingerprint density at radius 3 is 2.35 bits per heavy atom. The number of aliphatic carboxylic acids is 1. The summed E-state index contributed by atoms with van der Waals surface area (Å²) in [6.45, 7) is 3.58. The molecule has 7 N–H and O–H groups in total. The lowest BCUT2D eigenvalue weighted by molar-refractivity contribution is -0.267. The molecule has 1 saturated heterocycles. The molecule has 1 aliphatic heterocycles. The number of hydrogen-bond acceptors (Lipinski definition) is 9. The minimum Gasteiger partial charge on any atom is -0.480 e. The first-order valence-corrected chi connectivity index (χ1v) is 8.27. The lowest BCUT2D eigenvalue weighted by Crippen LogP contribution is -2.65. The molecule has 0 saturated carbocycles. The van der Waals surface area contributed by atoms with Gasteiger partial charge in [0.15, 0.2) is 6.29 Å². The minimum absolute atomic E-state index is 0.0125. The van der Waals surface area contributed by atoms with Crippen molar-refractivity contribution in [3.8, 4) is 0 Å². The Balaban J connectivity index is 2.79. The summed E-state index contributed by atoms with van der Waals surface area (Å²) in [5.41, 5.74) is 0. The number of carboxylic acids is 1. The van der Waals surface area contributed by atoms with E-state index in [0.717, 1.165) is 0 Å². The van der Waals surface area contributed by atoms with Crippen molar-refractivity contribution in [3.05, 3.63) is 0 Å². The summed E-state index contributed by atoms with van der Waals surface area (Å²) in [4.78, 5) is 22.4. The van der Waals surface area contributed by atoms with Gasteiger partial charge in [0.25, 0.3) is 0 Å². The number of carboxylic acid groups (broad SMARTS) is 1. The van der Waals surface area contributed by atoms with E-state index >= 15 is 0 Å². The fraction of sp³-hybridized carbons (Fsp3) is 0.867. The molecule has 1 rings (SSSR count). The molecule has 11 heteroatoms. The molecule has 0 aromatic heterocycles. The van der Waals surface area contributed by atoms with Gasteiger partial charge in [-0.3, -0.25) is 14.9 Å². The van der Waals surface area contributed by atoms with Gasteiger partial charge in [0.2, 0.25) is 5.91 Å². The van der Waals surface area contributed by atoms with Crippen molar-refractivity contribution in [1.29, 1.82) is 0 Å². The summed E-state index contributed by atoms with van der Waals surface area (Å²) in [7, 11) is 0. The maximum atomic E-state index is 11.3. The number of carbonyl (C=O) groups excluding carboxylic acids is 1. The lowest BCUT2D eigenvalue weighted by atomic mass is 9.96. The largest absolute Gasteiger partial charge is 0.480 e. The monoisotopic (exact) mass is 380 g/mol. The Labute approximate surface area is 150 Å². The number of aliphatic hydroxyl groups excluding tert-OH is 4. The van der Waals surface area contributed by atoms with Crippen molar-refractivity contribution >= 4 is 11.9 Å². The summed E-state index contributed by atoms with van der Waals surface area (Å²) in [6.07, 6.45) is -6.85. The van der Waals surface area contributed by atoms with Crippen molar-refractivity contribution in [2.24, 2.45) is 0 Å². The fourth-order valence-corrected chi connectivity index (χ4v) is 2.71. The Bertz CT molecular complexity index is 476. The first-order valence-electron chi connectivity index (χ1n) is 8.27. The van der Waals surface area contributed by atoms with Crippen molar-refractivity contribution < 1.29 is 44.6 Å². The Kier molecular flexibility index (Phi) is 8.83. The average molecular weight is 380 g/mol. The van der Waals surface area contributed by atoms with Crippen LogP contribution in [0.15, 0.2) is 0 Å². The number of rotatable bonds is 9. The van der Waals surface area contributed by atoms with Gasteiger partial charge >= 0.3 is 5.97 Å². The number of aliphatic hydroxyl groups is 4. The second-order valence-corrected chi connectivity index (χ2v) is 6.34. The molecule has 1 amide bonds. The molecule has 1 heterocycles. The molecule has 0 radical (unpaired) electrons. The predicted molar refractivity (Wildman–Crippen MR) is 87.0 cm³/mol. The molecule has 1 aliphatic rings. The van der Waals surface area contributed by atoms with E-state index in [-0.39, 0.29) is 6.54 Å². The standard InChI is InChI=1S/C15H28N2O9/c1-6(4-16-10(7(2)19)14(22)23)25-13-11(17-8(3)20)15(24)26-9(5-18)12(13)21/h6-7,9-13,15-16,18-19,21,24H,4-5H2,1-3H3,(H,17,20)(H,22,23)/t6?,7-,9-,10+,11-,12-,13-,15+/m1/s1. The van der Waals surface area contributed by atoms with Crippen LogP contribution >= 0.6 is 0 Å². The zero-order valence-corrected chi connectivity index (χ0v) is 14.9. The van der Waals surface area contributed by atoms with Gasteiger partial charge in [-0.15, -0.1) is 0 Å². The molecule has 8 atom stereocenters. The van der Waals surface area contributed by atoms with Crippen LogP contribution in [0.2, 0.25) is 0 Å². The van der Waals surface area contributed by atoms with Crippen molar-refractivity contribution in [2.45, 2.75) is 69.7 Å². The van der Waals surface area contributed by atoms with E-state index in [1.807, 2.05) is 0 Å². The molecule has 0 spiro atoms. The van der Waals surface area contributed by atoms with Gasteiger partial charge in [-0.25, -0.2) is 0 Å². The van der Waals surface area contributed by atoms with Gasteiger partial charge in [0, 0.05) is 13.5 Å². The number of amides is 1. The van der Waals surface area contributed by atoms with Crippen LogP contribution in [0.4, 0.5) is 0 Å². The van der Waals surface area contributed by atoms with E-state index in [1.54, 1.807) is 6.92 Å². The van der Waals surface area contributed by atoms with Crippen LogP contribution < -0.4 is 10.6 Å². The molecule has 0 aliphatic carbocycles. The molecule has 0 aromatic rings. The van der Waals surface area contributed by atoms with E-state index < -0.39 is 67.4 Å². The topological polar surface area (TPSA) is 178 Å². The van der Waals surface area contributed by atoms with Gasteiger partial charge in [-0.05, 0) is 13.8 Å². The molecular weight excluding hydrogens is 352 g/mol. The second-order valence-electron chi connectivity index (χ2n) is 6.34. The quantitative estimate of drug-likeness (QED) is 0.215. The normalized spacial score (nSPS) is 32.5. The number of ether oxygens (including phenoxy) is 2. The highest BCUT2D eigenvalue weighted by atomic mass is 16.6. The SMILES string of the molecule is CC(=O)N[C@@H]1[C@@H](OC(C)CN[C@H](C(=O)O)[C@@H](C)O)[C@H](O)[C@@H](CO)O[C@@H]1O. The third-order valence-corrected chi connectivity index (χ3v) is 4.01. The van der Waals surface area contributed by atoms with Crippen LogP contribution in [-0.2, 0) is 19.1 Å². The maximum absolute atomic E-state index is 11.3. The van der Waals surface area contributed by atoms with E-state index in [9.17, 15) is 30.0 Å². The van der Waals surface area contributed by atoms with Crippen molar-refractivity contribution in [1.82, 2.24) is 10.6 Å². The van der Waals surface area contributed by atoms with Gasteiger partial charge in [0.1, 0.15) is 30.4 Å². The van der Waals surface area contributed by atoms with Gasteiger partial charge in [-0.2, -0.15) is 0 Å². The molecular formula is C15H28N2O9. The molecule has 152 valence electrons. The van der Waals surface area contributed by atoms with Crippen LogP contribution in [0, 0.1) is 0 Å². The van der Waals surface area contributed by atoms with Crippen LogP contribution in [0.3, 0.4) is 0 Å². The molecule has 26 heavy (non-hydrogen) atoms. The third-order valence-electron chi connectivity index (χ3n) is 4.01. The van der Waals surface area contributed by atoms with Gasteiger partial charge in [-0.1, -0.05) is 0 Å². The summed E-state index contributed by atoms with van der Waals surface area (Å²) >= 11 is 0. The Hall–Kier alpha value is -1.34. The second kappa shape index (κ2) is 10.1. The highest BCUT2D eigenvalue weighted by Gasteiger charge is 2.46.